The van der Waals surface area contributed by atoms with E-state index in [9.17, 15) is 9.59 Å². The van der Waals surface area contributed by atoms with Gasteiger partial charge in [-0.3, -0.25) is 4.79 Å². The number of hydrogen-bond acceptors (Lipinski definition) is 5. The summed E-state index contributed by atoms with van der Waals surface area (Å²) >= 11 is 0. The van der Waals surface area contributed by atoms with Gasteiger partial charge >= 0.3 is 5.97 Å². The zero-order valence-electron chi connectivity index (χ0n) is 9.56. The molecule has 0 amide bonds. The molecule has 0 fully saturated rings. The van der Waals surface area contributed by atoms with Crippen molar-refractivity contribution in [2.75, 3.05) is 11.9 Å². The topological polar surface area (TPSA) is 73.2 Å². The van der Waals surface area contributed by atoms with Gasteiger partial charge in [0.2, 0.25) is 0 Å². The van der Waals surface area contributed by atoms with Crippen molar-refractivity contribution in [1.29, 1.82) is 0 Å². The second-order valence-corrected chi connectivity index (χ2v) is 3.31. The third kappa shape index (κ3) is 2.82. The third-order valence-electron chi connectivity index (χ3n) is 2.01. The maximum absolute atomic E-state index is 11.6. The summed E-state index contributed by atoms with van der Waals surface area (Å²) in [7, 11) is 1.62. The first-order valence-electron chi connectivity index (χ1n) is 5.01. The number of anilines is 1. The highest BCUT2D eigenvalue weighted by molar-refractivity contribution is 5.78. The molecule has 1 aromatic rings. The normalized spacial score (nSPS) is 11.9. The molecular weight excluding hydrogens is 210 g/mol. The van der Waals surface area contributed by atoms with Gasteiger partial charge in [-0.25, -0.2) is 9.78 Å². The molecule has 16 heavy (non-hydrogen) atoms. The van der Waals surface area contributed by atoms with Crippen LogP contribution in [0.5, 0.6) is 0 Å². The van der Waals surface area contributed by atoms with E-state index < -0.39 is 12.0 Å². The molecule has 6 nitrogen and oxygen atoms in total. The molecule has 0 aliphatic carbocycles. The second-order valence-electron chi connectivity index (χ2n) is 3.31. The molecular formula is C10H15N3O3. The fourth-order valence-corrected chi connectivity index (χ4v) is 1.13. The van der Waals surface area contributed by atoms with Crippen LogP contribution >= 0.6 is 0 Å². The quantitative estimate of drug-likeness (QED) is 0.738. The van der Waals surface area contributed by atoms with Crippen molar-refractivity contribution in [1.82, 2.24) is 9.55 Å². The van der Waals surface area contributed by atoms with Gasteiger partial charge in [-0.15, -0.1) is 0 Å². The SMILES string of the molecule is CCOC(=O)C(C)Nc1nccn(C)c1=O. The Morgan fingerprint density at radius 1 is 1.69 bits per heavy atom. The Morgan fingerprint density at radius 2 is 2.38 bits per heavy atom. The molecule has 88 valence electrons. The Bertz CT molecular complexity index is 428. The summed E-state index contributed by atoms with van der Waals surface area (Å²) in [6.45, 7) is 3.65. The third-order valence-corrected chi connectivity index (χ3v) is 2.01. The van der Waals surface area contributed by atoms with Crippen LogP contribution in [0.1, 0.15) is 13.8 Å². The van der Waals surface area contributed by atoms with Gasteiger partial charge in [-0.05, 0) is 13.8 Å². The van der Waals surface area contributed by atoms with E-state index in [1.54, 1.807) is 27.1 Å². The van der Waals surface area contributed by atoms with Crippen LogP contribution in [0, 0.1) is 0 Å². The van der Waals surface area contributed by atoms with E-state index >= 15 is 0 Å². The molecule has 0 bridgehead atoms. The van der Waals surface area contributed by atoms with E-state index in [0.29, 0.717) is 6.61 Å². The number of rotatable bonds is 4. The first-order chi connectivity index (χ1) is 7.56. The van der Waals surface area contributed by atoms with E-state index in [0.717, 1.165) is 0 Å². The van der Waals surface area contributed by atoms with Crippen LogP contribution in [0.15, 0.2) is 17.2 Å². The lowest BCUT2D eigenvalue weighted by atomic mass is 10.3. The van der Waals surface area contributed by atoms with Crippen LogP contribution in [0.4, 0.5) is 5.82 Å². The molecule has 1 atom stereocenters. The fraction of sp³-hybridized carbons (Fsp3) is 0.500. The van der Waals surface area contributed by atoms with E-state index in [1.807, 2.05) is 0 Å². The van der Waals surface area contributed by atoms with Crippen LogP contribution in [0.25, 0.3) is 0 Å². The number of nitrogens with zero attached hydrogens (tertiary/aromatic N) is 2. The van der Waals surface area contributed by atoms with E-state index in [4.69, 9.17) is 4.74 Å². The summed E-state index contributed by atoms with van der Waals surface area (Å²) in [5.41, 5.74) is -0.279. The van der Waals surface area contributed by atoms with Gasteiger partial charge in [0.1, 0.15) is 6.04 Å². The summed E-state index contributed by atoms with van der Waals surface area (Å²) in [5, 5.41) is 2.72. The first kappa shape index (κ1) is 12.2. The number of carbonyl (C=O) groups is 1. The maximum Gasteiger partial charge on any atom is 0.328 e. The van der Waals surface area contributed by atoms with Gasteiger partial charge in [0.05, 0.1) is 6.61 Å². The predicted octanol–water partition coefficient (Wildman–Crippen LogP) is 0.144. The van der Waals surface area contributed by atoms with Gasteiger partial charge < -0.3 is 14.6 Å². The van der Waals surface area contributed by atoms with Crippen molar-refractivity contribution in [3.63, 3.8) is 0 Å². The van der Waals surface area contributed by atoms with Crippen molar-refractivity contribution in [3.05, 3.63) is 22.7 Å². The highest BCUT2D eigenvalue weighted by Gasteiger charge is 2.15. The summed E-state index contributed by atoms with van der Waals surface area (Å²) in [6.07, 6.45) is 3.03. The Labute approximate surface area is 93.3 Å². The number of esters is 1. The minimum absolute atomic E-state index is 0.144. The minimum Gasteiger partial charge on any atom is -0.464 e. The van der Waals surface area contributed by atoms with Crippen LogP contribution in [-0.2, 0) is 16.6 Å². The first-order valence-corrected chi connectivity index (χ1v) is 5.01. The second kappa shape index (κ2) is 5.29. The Balaban J connectivity index is 2.77. The predicted molar refractivity (Wildman–Crippen MR) is 59.2 cm³/mol. The highest BCUT2D eigenvalue weighted by Crippen LogP contribution is 1.98. The smallest absolute Gasteiger partial charge is 0.328 e. The zero-order chi connectivity index (χ0) is 12.1. The standard InChI is InChI=1S/C10H15N3O3/c1-4-16-10(15)7(2)12-8-9(14)13(3)6-5-11-8/h5-7H,4H2,1-3H3,(H,11,12). The van der Waals surface area contributed by atoms with Crippen molar-refractivity contribution in [2.45, 2.75) is 19.9 Å². The van der Waals surface area contributed by atoms with Gasteiger partial charge in [-0.1, -0.05) is 0 Å². The largest absolute Gasteiger partial charge is 0.464 e. The van der Waals surface area contributed by atoms with E-state index in [2.05, 4.69) is 10.3 Å². The Kier molecular flexibility index (Phi) is 4.04. The summed E-state index contributed by atoms with van der Waals surface area (Å²) in [4.78, 5) is 26.8. The van der Waals surface area contributed by atoms with Gasteiger partial charge in [-0.2, -0.15) is 0 Å². The molecule has 0 aromatic carbocycles. The molecule has 1 N–H and O–H groups in total. The molecule has 0 spiro atoms. The van der Waals surface area contributed by atoms with E-state index in [-0.39, 0.29) is 11.4 Å². The highest BCUT2D eigenvalue weighted by atomic mass is 16.5. The molecule has 0 aliphatic heterocycles. The molecule has 0 saturated heterocycles. The van der Waals surface area contributed by atoms with Crippen LogP contribution in [-0.4, -0.2) is 28.2 Å². The van der Waals surface area contributed by atoms with Gasteiger partial charge in [0, 0.05) is 19.4 Å². The van der Waals surface area contributed by atoms with Crippen LogP contribution in [0.2, 0.25) is 0 Å². The number of carbonyl (C=O) groups excluding carboxylic acids is 1. The molecule has 1 heterocycles. The number of aryl methyl sites for hydroxylation is 1. The monoisotopic (exact) mass is 225 g/mol. The van der Waals surface area contributed by atoms with Gasteiger partial charge in [0.25, 0.3) is 5.56 Å². The lowest BCUT2D eigenvalue weighted by Crippen LogP contribution is -2.32. The molecule has 0 radical (unpaired) electrons. The van der Waals surface area contributed by atoms with Crippen molar-refractivity contribution in [2.24, 2.45) is 7.05 Å². The summed E-state index contributed by atoms with van der Waals surface area (Å²) in [6, 6.07) is -0.595. The van der Waals surface area contributed by atoms with Crippen molar-refractivity contribution in [3.8, 4) is 0 Å². The Hall–Kier alpha value is -1.85. The lowest BCUT2D eigenvalue weighted by molar-refractivity contribution is -0.143. The number of hydrogen-bond donors (Lipinski definition) is 1. The fourth-order valence-electron chi connectivity index (χ4n) is 1.13. The summed E-state index contributed by atoms with van der Waals surface area (Å²) in [5.74, 6) is -0.263. The maximum atomic E-state index is 11.6. The average molecular weight is 225 g/mol. The Morgan fingerprint density at radius 3 is 3.00 bits per heavy atom. The molecule has 6 heteroatoms. The van der Waals surface area contributed by atoms with E-state index in [1.165, 1.54) is 10.8 Å². The molecule has 1 unspecified atom stereocenters. The van der Waals surface area contributed by atoms with Crippen molar-refractivity contribution < 1.29 is 9.53 Å². The van der Waals surface area contributed by atoms with Crippen molar-refractivity contribution >= 4 is 11.8 Å². The summed E-state index contributed by atoms with van der Waals surface area (Å²) < 4.78 is 6.19. The van der Waals surface area contributed by atoms with Crippen LogP contribution in [0.3, 0.4) is 0 Å². The molecule has 1 rings (SSSR count). The zero-order valence-corrected chi connectivity index (χ0v) is 9.56. The van der Waals surface area contributed by atoms with Gasteiger partial charge in [0.15, 0.2) is 5.82 Å². The lowest BCUT2D eigenvalue weighted by Gasteiger charge is -2.12. The number of aromatic nitrogens is 2. The molecule has 0 saturated carbocycles. The molecule has 1 aromatic heterocycles. The number of nitrogens with one attached hydrogen (secondary N) is 1. The minimum atomic E-state index is -0.595. The molecule has 0 aliphatic rings. The number of ether oxygens (including phenoxy) is 1. The van der Waals surface area contributed by atoms with Crippen LogP contribution < -0.4 is 10.9 Å². The average Bonchev–Trinajstić information content (AvgIpc) is 2.25.